The highest BCUT2D eigenvalue weighted by Gasteiger charge is 2.26. The van der Waals surface area contributed by atoms with Crippen molar-refractivity contribution in [2.75, 3.05) is 5.75 Å². The SMILES string of the molecule is CCC1CCCC(NC2CCSc3ccc(Cl)cc32)C1. The maximum Gasteiger partial charge on any atom is 0.0410 e. The van der Waals surface area contributed by atoms with E-state index in [4.69, 9.17) is 11.6 Å². The van der Waals surface area contributed by atoms with Crippen LogP contribution in [-0.2, 0) is 0 Å². The van der Waals surface area contributed by atoms with Gasteiger partial charge in [-0.1, -0.05) is 37.8 Å². The molecule has 20 heavy (non-hydrogen) atoms. The predicted molar refractivity (Wildman–Crippen MR) is 88.7 cm³/mol. The Hall–Kier alpha value is -0.180. The Labute approximate surface area is 131 Å². The first kappa shape index (κ1) is 14.7. The Morgan fingerprint density at radius 1 is 1.30 bits per heavy atom. The molecule has 1 nitrogen and oxygen atoms in total. The van der Waals surface area contributed by atoms with Crippen molar-refractivity contribution in [2.24, 2.45) is 5.92 Å². The Kier molecular flexibility index (Phi) is 4.95. The molecule has 0 radical (unpaired) electrons. The fraction of sp³-hybridized carbons (Fsp3) is 0.647. The van der Waals surface area contributed by atoms with Crippen molar-refractivity contribution in [2.45, 2.75) is 62.4 Å². The fourth-order valence-electron chi connectivity index (χ4n) is 3.64. The van der Waals surface area contributed by atoms with Crippen LogP contribution in [0.4, 0.5) is 0 Å². The van der Waals surface area contributed by atoms with E-state index in [0.717, 1.165) is 10.9 Å². The van der Waals surface area contributed by atoms with E-state index in [-0.39, 0.29) is 0 Å². The second-order valence-corrected chi connectivity index (χ2v) is 7.75. The van der Waals surface area contributed by atoms with E-state index < -0.39 is 0 Å². The van der Waals surface area contributed by atoms with E-state index in [9.17, 15) is 0 Å². The summed E-state index contributed by atoms with van der Waals surface area (Å²) in [4.78, 5) is 1.42. The molecule has 1 saturated carbocycles. The van der Waals surface area contributed by atoms with Crippen molar-refractivity contribution in [1.82, 2.24) is 5.32 Å². The molecule has 2 aliphatic rings. The Morgan fingerprint density at radius 3 is 3.05 bits per heavy atom. The van der Waals surface area contributed by atoms with Gasteiger partial charge in [-0.05, 0) is 54.7 Å². The number of thioether (sulfide) groups is 1. The van der Waals surface area contributed by atoms with Crippen LogP contribution in [0.1, 0.15) is 57.1 Å². The molecular weight excluding hydrogens is 286 g/mol. The quantitative estimate of drug-likeness (QED) is 0.798. The van der Waals surface area contributed by atoms with E-state index in [1.54, 1.807) is 0 Å². The lowest BCUT2D eigenvalue weighted by atomic mass is 9.83. The summed E-state index contributed by atoms with van der Waals surface area (Å²) in [6, 6.07) is 7.58. The summed E-state index contributed by atoms with van der Waals surface area (Å²) in [5.41, 5.74) is 1.42. The van der Waals surface area contributed by atoms with Crippen LogP contribution in [0.2, 0.25) is 5.02 Å². The van der Waals surface area contributed by atoms with E-state index in [1.807, 2.05) is 17.8 Å². The van der Waals surface area contributed by atoms with E-state index in [0.29, 0.717) is 12.1 Å². The molecule has 110 valence electrons. The van der Waals surface area contributed by atoms with Gasteiger partial charge in [-0.2, -0.15) is 0 Å². The molecule has 0 bridgehead atoms. The highest BCUT2D eigenvalue weighted by Crippen LogP contribution is 2.38. The molecule has 1 aliphatic carbocycles. The minimum absolute atomic E-state index is 0.505. The molecule has 0 saturated heterocycles. The fourth-order valence-corrected chi connectivity index (χ4v) is 4.92. The van der Waals surface area contributed by atoms with E-state index in [2.05, 4.69) is 24.4 Å². The minimum atomic E-state index is 0.505. The number of nitrogens with one attached hydrogen (secondary N) is 1. The first-order valence-corrected chi connectivity index (χ1v) is 9.31. The average molecular weight is 310 g/mol. The zero-order chi connectivity index (χ0) is 13.9. The molecule has 1 aromatic rings. The third-order valence-corrected chi connectivity index (χ3v) is 6.17. The first-order valence-electron chi connectivity index (χ1n) is 7.94. The Morgan fingerprint density at radius 2 is 2.20 bits per heavy atom. The largest absolute Gasteiger partial charge is 0.307 e. The van der Waals surface area contributed by atoms with Gasteiger partial charge in [-0.25, -0.2) is 0 Å². The van der Waals surface area contributed by atoms with Crippen LogP contribution in [0.15, 0.2) is 23.1 Å². The second kappa shape index (κ2) is 6.72. The van der Waals surface area contributed by atoms with Crippen LogP contribution < -0.4 is 5.32 Å². The molecule has 0 aromatic heterocycles. The van der Waals surface area contributed by atoms with Gasteiger partial charge in [0.2, 0.25) is 0 Å². The van der Waals surface area contributed by atoms with Gasteiger partial charge in [-0.15, -0.1) is 11.8 Å². The van der Waals surface area contributed by atoms with E-state index >= 15 is 0 Å². The lowest BCUT2D eigenvalue weighted by Gasteiger charge is -2.34. The zero-order valence-corrected chi connectivity index (χ0v) is 13.8. The van der Waals surface area contributed by atoms with Crippen LogP contribution in [0, 0.1) is 5.92 Å². The van der Waals surface area contributed by atoms with Crippen molar-refractivity contribution in [1.29, 1.82) is 0 Å². The second-order valence-electron chi connectivity index (χ2n) is 6.18. The Bertz CT molecular complexity index is 462. The summed E-state index contributed by atoms with van der Waals surface area (Å²) in [5.74, 6) is 2.15. The molecule has 1 aliphatic heterocycles. The van der Waals surface area contributed by atoms with Crippen LogP contribution in [0.25, 0.3) is 0 Å². The van der Waals surface area contributed by atoms with Crippen molar-refractivity contribution in [3.8, 4) is 0 Å². The van der Waals surface area contributed by atoms with Gasteiger partial charge in [0.1, 0.15) is 0 Å². The summed E-state index contributed by atoms with van der Waals surface area (Å²) >= 11 is 8.16. The van der Waals surface area contributed by atoms with Crippen LogP contribution in [0.5, 0.6) is 0 Å². The average Bonchev–Trinajstić information content (AvgIpc) is 2.48. The first-order chi connectivity index (χ1) is 9.76. The number of hydrogen-bond acceptors (Lipinski definition) is 2. The van der Waals surface area contributed by atoms with Crippen LogP contribution in [-0.4, -0.2) is 11.8 Å². The molecule has 0 amide bonds. The summed E-state index contributed by atoms with van der Waals surface area (Å²) < 4.78 is 0. The van der Waals surface area contributed by atoms with Gasteiger partial charge < -0.3 is 5.32 Å². The zero-order valence-electron chi connectivity index (χ0n) is 12.2. The van der Waals surface area contributed by atoms with E-state index in [1.165, 1.54) is 54.7 Å². The summed E-state index contributed by atoms with van der Waals surface area (Å²) in [7, 11) is 0. The van der Waals surface area contributed by atoms with Crippen molar-refractivity contribution >= 4 is 23.4 Å². The van der Waals surface area contributed by atoms with Gasteiger partial charge in [0.15, 0.2) is 0 Å². The molecular formula is C17H24ClNS. The molecule has 1 N–H and O–H groups in total. The highest BCUT2D eigenvalue weighted by molar-refractivity contribution is 7.99. The van der Waals surface area contributed by atoms with Gasteiger partial charge in [0.25, 0.3) is 0 Å². The summed E-state index contributed by atoms with van der Waals surface area (Å²) in [6.07, 6.45) is 8.08. The molecule has 1 heterocycles. The molecule has 3 unspecified atom stereocenters. The number of hydrogen-bond donors (Lipinski definition) is 1. The third-order valence-electron chi connectivity index (χ3n) is 4.81. The molecule has 3 heteroatoms. The maximum absolute atomic E-state index is 6.19. The van der Waals surface area contributed by atoms with Gasteiger partial charge in [-0.3, -0.25) is 0 Å². The number of rotatable bonds is 3. The third kappa shape index (κ3) is 3.35. The molecule has 3 atom stereocenters. The monoisotopic (exact) mass is 309 g/mol. The molecule has 1 fully saturated rings. The van der Waals surface area contributed by atoms with Crippen LogP contribution >= 0.6 is 23.4 Å². The van der Waals surface area contributed by atoms with Crippen molar-refractivity contribution in [3.05, 3.63) is 28.8 Å². The number of fused-ring (bicyclic) bond motifs is 1. The molecule has 1 aromatic carbocycles. The summed E-state index contributed by atoms with van der Waals surface area (Å²) in [5, 5.41) is 4.80. The highest BCUT2D eigenvalue weighted by atomic mass is 35.5. The topological polar surface area (TPSA) is 12.0 Å². The van der Waals surface area contributed by atoms with Crippen molar-refractivity contribution in [3.63, 3.8) is 0 Å². The van der Waals surface area contributed by atoms with Crippen molar-refractivity contribution < 1.29 is 0 Å². The number of halogens is 1. The lowest BCUT2D eigenvalue weighted by molar-refractivity contribution is 0.259. The smallest absolute Gasteiger partial charge is 0.0410 e. The minimum Gasteiger partial charge on any atom is -0.307 e. The molecule has 3 rings (SSSR count). The van der Waals surface area contributed by atoms with Gasteiger partial charge in [0.05, 0.1) is 0 Å². The predicted octanol–water partition coefficient (Wildman–Crippen LogP) is 5.44. The van der Waals surface area contributed by atoms with Gasteiger partial charge >= 0.3 is 0 Å². The Balaban J connectivity index is 1.71. The normalized spacial score (nSPS) is 30.0. The summed E-state index contributed by atoms with van der Waals surface area (Å²) in [6.45, 7) is 2.33. The van der Waals surface area contributed by atoms with Gasteiger partial charge in [0, 0.05) is 22.0 Å². The standard InChI is InChI=1S/C17H24ClNS/c1-2-12-4-3-5-14(10-12)19-16-8-9-20-17-7-6-13(18)11-15(16)17/h6-7,11-12,14,16,19H,2-5,8-10H2,1H3. The maximum atomic E-state index is 6.19. The molecule has 0 spiro atoms. The lowest BCUT2D eigenvalue weighted by Crippen LogP contribution is -2.37. The van der Waals surface area contributed by atoms with Crippen LogP contribution in [0.3, 0.4) is 0 Å². The number of benzene rings is 1.